The molecule has 1 aromatic rings. The molecule has 0 saturated heterocycles. The number of aliphatic hydroxyl groups excluding tert-OH is 1. The Kier molecular flexibility index (Phi) is 3.01. The van der Waals surface area contributed by atoms with Gasteiger partial charge in [-0.3, -0.25) is 4.68 Å². The highest BCUT2D eigenvalue weighted by molar-refractivity contribution is 6.31. The lowest BCUT2D eigenvalue weighted by Crippen LogP contribution is -2.36. The Bertz CT molecular complexity index is 386. The van der Waals surface area contributed by atoms with Crippen molar-refractivity contribution in [3.05, 3.63) is 16.9 Å². The van der Waals surface area contributed by atoms with E-state index in [-0.39, 0.29) is 17.6 Å². The van der Waals surface area contributed by atoms with E-state index in [1.165, 1.54) is 0 Å². The van der Waals surface area contributed by atoms with Crippen LogP contribution in [0, 0.1) is 12.3 Å². The second-order valence-corrected chi connectivity index (χ2v) is 5.86. The van der Waals surface area contributed by atoms with Crippen LogP contribution in [-0.2, 0) is 0 Å². The molecule has 1 fully saturated rings. The maximum absolute atomic E-state index is 9.80. The van der Waals surface area contributed by atoms with Gasteiger partial charge in [-0.25, -0.2) is 0 Å². The summed E-state index contributed by atoms with van der Waals surface area (Å²) in [5.41, 5.74) is 1.16. The highest BCUT2D eigenvalue weighted by Gasteiger charge is 2.38. The van der Waals surface area contributed by atoms with E-state index >= 15 is 0 Å². The van der Waals surface area contributed by atoms with Crippen molar-refractivity contribution in [2.75, 3.05) is 0 Å². The predicted octanol–water partition coefficient (Wildman–Crippen LogP) is 2.96. The monoisotopic (exact) mass is 242 g/mol. The average Bonchev–Trinajstić information content (AvgIpc) is 2.53. The highest BCUT2D eigenvalue weighted by Crippen LogP contribution is 2.44. The molecule has 0 spiro atoms. The number of aromatic nitrogens is 2. The van der Waals surface area contributed by atoms with E-state index in [0.717, 1.165) is 25.0 Å². The van der Waals surface area contributed by atoms with Crippen LogP contribution in [0.1, 0.15) is 44.8 Å². The van der Waals surface area contributed by atoms with Crippen molar-refractivity contribution in [3.63, 3.8) is 0 Å². The lowest BCUT2D eigenvalue weighted by Gasteiger charge is -2.41. The zero-order chi connectivity index (χ0) is 11.9. The fourth-order valence-corrected chi connectivity index (χ4v) is 2.68. The molecule has 1 aromatic heterocycles. The molecule has 1 aliphatic carbocycles. The Labute approximate surface area is 101 Å². The minimum Gasteiger partial charge on any atom is -0.393 e. The molecule has 2 atom stereocenters. The third kappa shape index (κ3) is 1.98. The zero-order valence-corrected chi connectivity index (χ0v) is 10.8. The molecule has 0 radical (unpaired) electrons. The highest BCUT2D eigenvalue weighted by atomic mass is 35.5. The molecule has 4 heteroatoms. The van der Waals surface area contributed by atoms with Crippen LogP contribution >= 0.6 is 11.6 Å². The molecule has 16 heavy (non-hydrogen) atoms. The molecule has 1 heterocycles. The molecule has 1 aliphatic rings. The second kappa shape index (κ2) is 4.04. The van der Waals surface area contributed by atoms with Gasteiger partial charge in [0.15, 0.2) is 0 Å². The van der Waals surface area contributed by atoms with Crippen molar-refractivity contribution in [1.82, 2.24) is 9.78 Å². The Morgan fingerprint density at radius 2 is 2.25 bits per heavy atom. The van der Waals surface area contributed by atoms with Gasteiger partial charge in [0.2, 0.25) is 0 Å². The van der Waals surface area contributed by atoms with E-state index in [1.54, 1.807) is 6.20 Å². The summed E-state index contributed by atoms with van der Waals surface area (Å²) in [6.07, 6.45) is 4.16. The molecule has 0 bridgehead atoms. The summed E-state index contributed by atoms with van der Waals surface area (Å²) >= 11 is 6.03. The molecular formula is C12H19ClN2O. The van der Waals surface area contributed by atoms with Gasteiger partial charge < -0.3 is 5.11 Å². The molecule has 90 valence electrons. The Morgan fingerprint density at radius 3 is 2.81 bits per heavy atom. The van der Waals surface area contributed by atoms with Gasteiger partial charge in [0.25, 0.3) is 0 Å². The maximum Gasteiger partial charge on any atom is 0.0815 e. The van der Waals surface area contributed by atoms with E-state index in [0.29, 0.717) is 5.02 Å². The zero-order valence-electron chi connectivity index (χ0n) is 10.1. The predicted molar refractivity (Wildman–Crippen MR) is 64.6 cm³/mol. The lowest BCUT2D eigenvalue weighted by atomic mass is 9.72. The van der Waals surface area contributed by atoms with Crippen molar-refractivity contribution >= 4 is 11.6 Å². The second-order valence-electron chi connectivity index (χ2n) is 5.46. The number of nitrogens with zero attached hydrogens (tertiary/aromatic N) is 2. The molecule has 0 aliphatic heterocycles. The van der Waals surface area contributed by atoms with Crippen LogP contribution in [0.5, 0.6) is 0 Å². The Balaban J connectivity index is 2.34. The van der Waals surface area contributed by atoms with Gasteiger partial charge in [0.05, 0.1) is 29.1 Å². The van der Waals surface area contributed by atoms with E-state index in [2.05, 4.69) is 18.9 Å². The van der Waals surface area contributed by atoms with Crippen molar-refractivity contribution in [3.8, 4) is 0 Å². The largest absolute Gasteiger partial charge is 0.393 e. The van der Waals surface area contributed by atoms with Gasteiger partial charge in [0, 0.05) is 0 Å². The number of aliphatic hydroxyl groups is 1. The first-order chi connectivity index (χ1) is 7.42. The van der Waals surface area contributed by atoms with Crippen molar-refractivity contribution < 1.29 is 5.11 Å². The van der Waals surface area contributed by atoms with Crippen LogP contribution in [0.15, 0.2) is 6.20 Å². The molecule has 1 saturated carbocycles. The fraction of sp³-hybridized carbons (Fsp3) is 0.750. The van der Waals surface area contributed by atoms with Crippen molar-refractivity contribution in [2.45, 2.75) is 52.2 Å². The number of halogens is 1. The SMILES string of the molecule is Cc1c(Cl)cnn1C1CC(O)CCC1(C)C. The average molecular weight is 243 g/mol. The van der Waals surface area contributed by atoms with Crippen molar-refractivity contribution in [1.29, 1.82) is 0 Å². The van der Waals surface area contributed by atoms with Gasteiger partial charge in [-0.1, -0.05) is 25.4 Å². The topological polar surface area (TPSA) is 38.0 Å². The third-order valence-electron chi connectivity index (χ3n) is 3.80. The van der Waals surface area contributed by atoms with Crippen LogP contribution in [0.25, 0.3) is 0 Å². The Hall–Kier alpha value is -0.540. The smallest absolute Gasteiger partial charge is 0.0815 e. The van der Waals surface area contributed by atoms with Gasteiger partial charge in [-0.2, -0.15) is 5.10 Å². The fourth-order valence-electron chi connectivity index (χ4n) is 2.55. The van der Waals surface area contributed by atoms with E-state index in [1.807, 2.05) is 11.6 Å². The molecule has 2 rings (SSSR count). The lowest BCUT2D eigenvalue weighted by molar-refractivity contribution is 0.0284. The normalized spacial score (nSPS) is 29.3. The molecule has 1 N–H and O–H groups in total. The van der Waals surface area contributed by atoms with E-state index in [9.17, 15) is 5.11 Å². The molecule has 0 aromatic carbocycles. The minimum absolute atomic E-state index is 0.166. The maximum atomic E-state index is 9.80. The van der Waals surface area contributed by atoms with E-state index < -0.39 is 0 Å². The summed E-state index contributed by atoms with van der Waals surface area (Å²) in [7, 11) is 0. The molecule has 0 amide bonds. The molecule has 2 unspecified atom stereocenters. The van der Waals surface area contributed by atoms with E-state index in [4.69, 9.17) is 11.6 Å². The summed E-state index contributed by atoms with van der Waals surface area (Å²) in [6, 6.07) is 0.240. The first-order valence-electron chi connectivity index (χ1n) is 5.79. The third-order valence-corrected chi connectivity index (χ3v) is 4.17. The number of hydrogen-bond donors (Lipinski definition) is 1. The van der Waals surface area contributed by atoms with Gasteiger partial charge >= 0.3 is 0 Å². The Morgan fingerprint density at radius 1 is 1.56 bits per heavy atom. The number of hydrogen-bond acceptors (Lipinski definition) is 2. The summed E-state index contributed by atoms with van der Waals surface area (Å²) < 4.78 is 1.98. The number of rotatable bonds is 1. The van der Waals surface area contributed by atoms with Crippen molar-refractivity contribution in [2.24, 2.45) is 5.41 Å². The minimum atomic E-state index is -0.208. The molecule has 3 nitrogen and oxygen atoms in total. The first kappa shape index (κ1) is 11.9. The van der Waals surface area contributed by atoms with Gasteiger partial charge in [0.1, 0.15) is 0 Å². The van der Waals surface area contributed by atoms with Crippen LogP contribution in [0.3, 0.4) is 0 Å². The van der Waals surface area contributed by atoms with Gasteiger partial charge in [-0.15, -0.1) is 0 Å². The van der Waals surface area contributed by atoms with Gasteiger partial charge in [-0.05, 0) is 31.6 Å². The summed E-state index contributed by atoms with van der Waals surface area (Å²) in [4.78, 5) is 0. The summed E-state index contributed by atoms with van der Waals surface area (Å²) in [5.74, 6) is 0. The quantitative estimate of drug-likeness (QED) is 0.822. The van der Waals surface area contributed by atoms with Crippen LogP contribution in [-0.4, -0.2) is 21.0 Å². The standard InChI is InChI=1S/C12H19ClN2O/c1-8-10(13)7-14-15(8)11-6-9(16)4-5-12(11,2)3/h7,9,11,16H,4-6H2,1-3H3. The molecular weight excluding hydrogens is 224 g/mol. The van der Waals surface area contributed by atoms with Crippen LogP contribution < -0.4 is 0 Å². The summed E-state index contributed by atoms with van der Waals surface area (Å²) in [5, 5.41) is 14.8. The summed E-state index contributed by atoms with van der Waals surface area (Å²) in [6.45, 7) is 6.45. The van der Waals surface area contributed by atoms with Crippen LogP contribution in [0.2, 0.25) is 5.02 Å². The first-order valence-corrected chi connectivity index (χ1v) is 6.17. The van der Waals surface area contributed by atoms with Crippen LogP contribution in [0.4, 0.5) is 0 Å².